The molecule has 0 N–H and O–H groups in total. The molecule has 0 saturated carbocycles. The zero-order valence-corrected chi connectivity index (χ0v) is 12.4. The number of benzene rings is 1. The van der Waals surface area contributed by atoms with Crippen LogP contribution in [0.15, 0.2) is 42.7 Å². The summed E-state index contributed by atoms with van der Waals surface area (Å²) in [5.41, 5.74) is 1.16. The number of hydrogen-bond acceptors (Lipinski definition) is 3. The van der Waals surface area contributed by atoms with Gasteiger partial charge >= 0.3 is 0 Å². The normalized spacial score (nSPS) is 18.9. The van der Waals surface area contributed by atoms with E-state index < -0.39 is 12.5 Å². The minimum Gasteiger partial charge on any atom is -0.370 e. The van der Waals surface area contributed by atoms with Gasteiger partial charge < -0.3 is 9.64 Å². The molecule has 0 spiro atoms. The Morgan fingerprint density at radius 2 is 2.09 bits per heavy atom. The summed E-state index contributed by atoms with van der Waals surface area (Å²) >= 11 is 0. The van der Waals surface area contributed by atoms with Crippen LogP contribution in [-0.4, -0.2) is 52.8 Å². The predicted molar refractivity (Wildman–Crippen MR) is 79.8 cm³/mol. The molecule has 5 nitrogen and oxygen atoms in total. The number of para-hydroxylation sites is 1. The van der Waals surface area contributed by atoms with Crippen molar-refractivity contribution in [1.29, 1.82) is 0 Å². The summed E-state index contributed by atoms with van der Waals surface area (Å²) in [7, 11) is 0. The van der Waals surface area contributed by atoms with Crippen LogP contribution in [0.5, 0.6) is 0 Å². The van der Waals surface area contributed by atoms with Crippen LogP contribution in [0, 0.1) is 0 Å². The minimum absolute atomic E-state index is 0.116. The van der Waals surface area contributed by atoms with E-state index in [0.717, 1.165) is 0 Å². The number of rotatable bonds is 3. The van der Waals surface area contributed by atoms with E-state index in [0.29, 0.717) is 17.8 Å². The monoisotopic (exact) mass is 321 g/mol. The van der Waals surface area contributed by atoms with E-state index in [-0.39, 0.29) is 25.5 Å². The predicted octanol–water partition coefficient (Wildman–Crippen LogP) is 2.37. The molecular formula is C16H17F2N3O2. The fourth-order valence-electron chi connectivity index (χ4n) is 2.63. The third-order valence-electron chi connectivity index (χ3n) is 3.83. The van der Waals surface area contributed by atoms with E-state index in [1.54, 1.807) is 46.2 Å². The molecule has 1 saturated heterocycles. The molecule has 1 amide bonds. The summed E-state index contributed by atoms with van der Waals surface area (Å²) in [5, 5.41) is 4.15. The smallest absolute Gasteiger partial charge is 0.264 e. The van der Waals surface area contributed by atoms with Gasteiger partial charge in [0.1, 0.15) is 6.10 Å². The molecule has 0 bridgehead atoms. The van der Waals surface area contributed by atoms with E-state index in [1.165, 1.54) is 0 Å². The Morgan fingerprint density at radius 3 is 2.83 bits per heavy atom. The molecule has 1 unspecified atom stereocenters. The number of ether oxygens (including phenoxy) is 1. The lowest BCUT2D eigenvalue weighted by Gasteiger charge is -2.21. The topological polar surface area (TPSA) is 47.4 Å². The van der Waals surface area contributed by atoms with Crippen LogP contribution in [0.2, 0.25) is 0 Å². The first-order chi connectivity index (χ1) is 11.2. The number of carbonyl (C=O) groups is 1. The Labute approximate surface area is 132 Å². The lowest BCUT2D eigenvalue weighted by atomic mass is 10.1. The third kappa shape index (κ3) is 3.39. The average molecular weight is 321 g/mol. The highest BCUT2D eigenvalue weighted by atomic mass is 19.3. The molecule has 3 rings (SSSR count). The van der Waals surface area contributed by atoms with Gasteiger partial charge in [0.05, 0.1) is 17.9 Å². The van der Waals surface area contributed by atoms with Gasteiger partial charge in [-0.15, -0.1) is 0 Å². The maximum Gasteiger partial charge on any atom is 0.264 e. The number of aromatic nitrogens is 2. The van der Waals surface area contributed by atoms with Crippen molar-refractivity contribution in [2.75, 3.05) is 19.7 Å². The van der Waals surface area contributed by atoms with Crippen LogP contribution in [0.3, 0.4) is 0 Å². The summed E-state index contributed by atoms with van der Waals surface area (Å²) < 4.78 is 32.3. The molecule has 2 heterocycles. The quantitative estimate of drug-likeness (QED) is 0.872. The Hall–Kier alpha value is -2.28. The van der Waals surface area contributed by atoms with Gasteiger partial charge in [0.2, 0.25) is 0 Å². The first-order valence-corrected chi connectivity index (χ1v) is 7.45. The average Bonchev–Trinajstić information content (AvgIpc) is 2.98. The fourth-order valence-corrected chi connectivity index (χ4v) is 2.63. The zero-order valence-electron chi connectivity index (χ0n) is 12.4. The SMILES string of the molecule is O=C(c1ccccc1-n1cccn1)N1CCOC(C(F)F)CC1. The van der Waals surface area contributed by atoms with Crippen LogP contribution >= 0.6 is 0 Å². The van der Waals surface area contributed by atoms with Gasteiger partial charge in [-0.2, -0.15) is 5.10 Å². The molecule has 23 heavy (non-hydrogen) atoms. The van der Waals surface area contributed by atoms with Gasteiger partial charge in [0.15, 0.2) is 0 Å². The minimum atomic E-state index is -2.53. The van der Waals surface area contributed by atoms with E-state index in [2.05, 4.69) is 5.10 Å². The first kappa shape index (κ1) is 15.6. The second-order valence-corrected chi connectivity index (χ2v) is 5.29. The molecule has 0 aliphatic carbocycles. The van der Waals surface area contributed by atoms with Gasteiger partial charge in [-0.1, -0.05) is 12.1 Å². The van der Waals surface area contributed by atoms with Crippen molar-refractivity contribution < 1.29 is 18.3 Å². The zero-order chi connectivity index (χ0) is 16.2. The third-order valence-corrected chi connectivity index (χ3v) is 3.83. The lowest BCUT2D eigenvalue weighted by molar-refractivity contribution is -0.0495. The van der Waals surface area contributed by atoms with E-state index in [4.69, 9.17) is 4.74 Å². The molecule has 1 atom stereocenters. The second-order valence-electron chi connectivity index (χ2n) is 5.29. The summed E-state index contributed by atoms with van der Waals surface area (Å²) in [6, 6.07) is 8.89. The number of hydrogen-bond donors (Lipinski definition) is 0. The van der Waals surface area contributed by atoms with Crippen LogP contribution in [-0.2, 0) is 4.74 Å². The number of nitrogens with zero attached hydrogens (tertiary/aromatic N) is 3. The molecule has 1 fully saturated rings. The van der Waals surface area contributed by atoms with Crippen molar-refractivity contribution in [2.24, 2.45) is 0 Å². The summed E-state index contributed by atoms with van der Waals surface area (Å²) in [6.45, 7) is 0.668. The number of alkyl halides is 2. The molecule has 0 radical (unpaired) electrons. The Kier molecular flexibility index (Phi) is 4.66. The van der Waals surface area contributed by atoms with Crippen molar-refractivity contribution in [3.05, 3.63) is 48.3 Å². The Balaban J connectivity index is 1.81. The van der Waals surface area contributed by atoms with Crippen LogP contribution in [0.25, 0.3) is 5.69 Å². The number of halogens is 2. The summed E-state index contributed by atoms with van der Waals surface area (Å²) in [4.78, 5) is 14.3. The molecule has 7 heteroatoms. The Bertz CT molecular complexity index is 661. The molecule has 1 aromatic heterocycles. The summed E-state index contributed by atoms with van der Waals surface area (Å²) in [5.74, 6) is -0.199. The van der Waals surface area contributed by atoms with Gasteiger partial charge in [-0.05, 0) is 24.6 Å². The van der Waals surface area contributed by atoms with Gasteiger partial charge in [-0.25, -0.2) is 13.5 Å². The molecule has 122 valence electrons. The van der Waals surface area contributed by atoms with Crippen LogP contribution < -0.4 is 0 Å². The molecular weight excluding hydrogens is 304 g/mol. The van der Waals surface area contributed by atoms with E-state index in [9.17, 15) is 13.6 Å². The van der Waals surface area contributed by atoms with Gasteiger partial charge in [0.25, 0.3) is 12.3 Å². The van der Waals surface area contributed by atoms with Crippen LogP contribution in [0.4, 0.5) is 8.78 Å². The van der Waals surface area contributed by atoms with Crippen LogP contribution in [0.1, 0.15) is 16.8 Å². The van der Waals surface area contributed by atoms with Crippen molar-refractivity contribution >= 4 is 5.91 Å². The fraction of sp³-hybridized carbons (Fsp3) is 0.375. The van der Waals surface area contributed by atoms with Crippen molar-refractivity contribution in [1.82, 2.24) is 14.7 Å². The van der Waals surface area contributed by atoms with E-state index in [1.807, 2.05) is 6.07 Å². The highest BCUT2D eigenvalue weighted by molar-refractivity contribution is 5.97. The van der Waals surface area contributed by atoms with Crippen molar-refractivity contribution in [3.8, 4) is 5.69 Å². The van der Waals surface area contributed by atoms with Gasteiger partial charge in [0, 0.05) is 25.5 Å². The number of carbonyl (C=O) groups excluding carboxylic acids is 1. The van der Waals surface area contributed by atoms with E-state index >= 15 is 0 Å². The maximum atomic E-state index is 12.8. The molecule has 1 aliphatic rings. The Morgan fingerprint density at radius 1 is 1.26 bits per heavy atom. The van der Waals surface area contributed by atoms with Crippen molar-refractivity contribution in [3.63, 3.8) is 0 Å². The standard InChI is InChI=1S/C16H17F2N3O2/c17-15(18)14-6-9-20(10-11-23-14)16(22)12-4-1-2-5-13(12)21-8-3-7-19-21/h1-5,7-8,14-15H,6,9-11H2. The maximum absolute atomic E-state index is 12.8. The molecule has 1 aromatic carbocycles. The highest BCUT2D eigenvalue weighted by Crippen LogP contribution is 2.19. The first-order valence-electron chi connectivity index (χ1n) is 7.45. The largest absolute Gasteiger partial charge is 0.370 e. The molecule has 1 aliphatic heterocycles. The van der Waals surface area contributed by atoms with Crippen molar-refractivity contribution in [2.45, 2.75) is 19.0 Å². The molecule has 2 aromatic rings. The summed E-state index contributed by atoms with van der Waals surface area (Å²) in [6.07, 6.45) is -0.109. The van der Waals surface area contributed by atoms with Gasteiger partial charge in [-0.3, -0.25) is 4.79 Å². The highest BCUT2D eigenvalue weighted by Gasteiger charge is 2.28. The second kappa shape index (κ2) is 6.87. The lowest BCUT2D eigenvalue weighted by Crippen LogP contribution is -2.34. The number of amides is 1.